The number of benzene rings is 2. The Labute approximate surface area is 127 Å². The fourth-order valence-electron chi connectivity index (χ4n) is 2.55. The summed E-state index contributed by atoms with van der Waals surface area (Å²) in [7, 11) is 0. The molecule has 112 valence electrons. The summed E-state index contributed by atoms with van der Waals surface area (Å²) in [5.74, 6) is 0.256. The lowest BCUT2D eigenvalue weighted by Gasteiger charge is -2.19. The molecule has 2 aromatic rings. The van der Waals surface area contributed by atoms with E-state index in [1.165, 1.54) is 5.01 Å². The predicted octanol–water partition coefficient (Wildman–Crippen LogP) is 2.33. The number of phenols is 2. The van der Waals surface area contributed by atoms with Gasteiger partial charge in [-0.2, -0.15) is 5.10 Å². The number of urea groups is 1. The van der Waals surface area contributed by atoms with Gasteiger partial charge in [0.15, 0.2) is 0 Å². The maximum absolute atomic E-state index is 11.6. The Morgan fingerprint density at radius 2 is 1.82 bits per heavy atom. The number of nitrogens with zero attached hydrogens (tertiary/aromatic N) is 2. The number of carbonyl (C=O) groups excluding carboxylic acids is 1. The minimum atomic E-state index is -0.663. The topological polar surface area (TPSA) is 99.2 Å². The molecule has 6 nitrogen and oxygen atoms in total. The molecule has 0 aliphatic carbocycles. The van der Waals surface area contributed by atoms with Crippen molar-refractivity contribution < 1.29 is 15.0 Å². The van der Waals surface area contributed by atoms with Gasteiger partial charge in [-0.05, 0) is 29.8 Å². The lowest BCUT2D eigenvalue weighted by Crippen LogP contribution is -2.31. The number of para-hydroxylation sites is 1. The quantitative estimate of drug-likeness (QED) is 0.793. The minimum absolute atomic E-state index is 0.108. The van der Waals surface area contributed by atoms with E-state index in [0.717, 1.165) is 5.56 Å². The standard InChI is InChI=1S/C16H15N3O3/c17-16(22)19-14(10-5-7-11(20)8-6-10)9-13(18-19)12-3-1-2-4-15(12)21/h1-8,14,20-21H,9H2,(H2,17,22)/t14-/m0/s1. The van der Waals surface area contributed by atoms with Crippen LogP contribution < -0.4 is 5.73 Å². The van der Waals surface area contributed by atoms with Gasteiger partial charge in [0.25, 0.3) is 0 Å². The lowest BCUT2D eigenvalue weighted by molar-refractivity contribution is 0.196. The van der Waals surface area contributed by atoms with Gasteiger partial charge < -0.3 is 15.9 Å². The van der Waals surface area contributed by atoms with Crippen molar-refractivity contribution in [2.75, 3.05) is 0 Å². The van der Waals surface area contributed by atoms with E-state index in [1.54, 1.807) is 48.5 Å². The van der Waals surface area contributed by atoms with Gasteiger partial charge >= 0.3 is 6.03 Å². The molecule has 1 heterocycles. The molecular weight excluding hydrogens is 282 g/mol. The van der Waals surface area contributed by atoms with Crippen molar-refractivity contribution in [3.63, 3.8) is 0 Å². The molecule has 0 saturated heterocycles. The molecule has 0 aromatic heterocycles. The molecule has 1 aliphatic heterocycles. The summed E-state index contributed by atoms with van der Waals surface area (Å²) in [6.45, 7) is 0. The van der Waals surface area contributed by atoms with E-state index in [9.17, 15) is 15.0 Å². The third-order valence-corrected chi connectivity index (χ3v) is 3.63. The highest BCUT2D eigenvalue weighted by Gasteiger charge is 2.32. The van der Waals surface area contributed by atoms with Crippen LogP contribution in [0, 0.1) is 0 Å². The minimum Gasteiger partial charge on any atom is -0.508 e. The maximum atomic E-state index is 11.6. The fourth-order valence-corrected chi connectivity index (χ4v) is 2.55. The number of phenolic OH excluding ortho intramolecular Hbond substituents is 2. The molecular formula is C16H15N3O3. The highest BCUT2D eigenvalue weighted by molar-refractivity contribution is 6.04. The summed E-state index contributed by atoms with van der Waals surface area (Å²) in [6.07, 6.45) is 0.436. The van der Waals surface area contributed by atoms with E-state index >= 15 is 0 Å². The molecule has 3 rings (SSSR count). The van der Waals surface area contributed by atoms with Gasteiger partial charge in [0.2, 0.25) is 0 Å². The van der Waals surface area contributed by atoms with Gasteiger partial charge in [-0.25, -0.2) is 9.80 Å². The number of hydrazone groups is 1. The van der Waals surface area contributed by atoms with Gasteiger partial charge in [0, 0.05) is 12.0 Å². The lowest BCUT2D eigenvalue weighted by atomic mass is 9.98. The zero-order valence-electron chi connectivity index (χ0n) is 11.7. The SMILES string of the molecule is NC(=O)N1N=C(c2ccccc2O)C[C@H]1c1ccc(O)cc1. The zero-order valence-corrected chi connectivity index (χ0v) is 11.7. The summed E-state index contributed by atoms with van der Waals surface area (Å²) in [5, 5.41) is 24.8. The highest BCUT2D eigenvalue weighted by Crippen LogP contribution is 2.34. The first kappa shape index (κ1) is 13.9. The van der Waals surface area contributed by atoms with Crippen LogP contribution >= 0.6 is 0 Å². The van der Waals surface area contributed by atoms with Crippen LogP contribution in [-0.2, 0) is 0 Å². The molecule has 0 radical (unpaired) electrons. The first-order valence-corrected chi connectivity index (χ1v) is 6.79. The molecule has 1 atom stereocenters. The molecule has 4 N–H and O–H groups in total. The van der Waals surface area contributed by atoms with Crippen LogP contribution in [0.1, 0.15) is 23.6 Å². The average Bonchev–Trinajstić information content (AvgIpc) is 2.93. The van der Waals surface area contributed by atoms with Crippen LogP contribution in [0.2, 0.25) is 0 Å². The number of amides is 2. The smallest absolute Gasteiger partial charge is 0.335 e. The Bertz CT molecular complexity index is 741. The van der Waals surface area contributed by atoms with Crippen LogP contribution in [0.15, 0.2) is 53.6 Å². The first-order valence-electron chi connectivity index (χ1n) is 6.79. The van der Waals surface area contributed by atoms with E-state index in [-0.39, 0.29) is 17.5 Å². The van der Waals surface area contributed by atoms with Gasteiger partial charge in [0.05, 0.1) is 11.8 Å². The van der Waals surface area contributed by atoms with Crippen LogP contribution in [0.5, 0.6) is 11.5 Å². The van der Waals surface area contributed by atoms with Crippen molar-refractivity contribution >= 4 is 11.7 Å². The number of hydrogen-bond acceptors (Lipinski definition) is 4. The Kier molecular flexibility index (Phi) is 3.42. The van der Waals surface area contributed by atoms with E-state index in [1.807, 2.05) is 0 Å². The summed E-state index contributed by atoms with van der Waals surface area (Å²) in [5.41, 5.74) is 7.38. The highest BCUT2D eigenvalue weighted by atomic mass is 16.3. The van der Waals surface area contributed by atoms with E-state index < -0.39 is 6.03 Å². The molecule has 6 heteroatoms. The van der Waals surface area contributed by atoms with Crippen molar-refractivity contribution in [1.29, 1.82) is 0 Å². The summed E-state index contributed by atoms with van der Waals surface area (Å²) < 4.78 is 0. The molecule has 0 fully saturated rings. The third-order valence-electron chi connectivity index (χ3n) is 3.63. The molecule has 22 heavy (non-hydrogen) atoms. The summed E-state index contributed by atoms with van der Waals surface area (Å²) >= 11 is 0. The Morgan fingerprint density at radius 1 is 1.14 bits per heavy atom. The van der Waals surface area contributed by atoms with E-state index in [4.69, 9.17) is 5.73 Å². The molecule has 0 bridgehead atoms. The van der Waals surface area contributed by atoms with Crippen molar-refractivity contribution in [2.24, 2.45) is 10.8 Å². The average molecular weight is 297 g/mol. The van der Waals surface area contributed by atoms with Crippen molar-refractivity contribution in [3.8, 4) is 11.5 Å². The molecule has 1 aliphatic rings. The number of primary amides is 1. The van der Waals surface area contributed by atoms with Crippen molar-refractivity contribution in [2.45, 2.75) is 12.5 Å². The number of aromatic hydroxyl groups is 2. The number of rotatable bonds is 2. The Hall–Kier alpha value is -3.02. The monoisotopic (exact) mass is 297 g/mol. The second kappa shape index (κ2) is 5.40. The van der Waals surface area contributed by atoms with Crippen molar-refractivity contribution in [3.05, 3.63) is 59.7 Å². The van der Waals surface area contributed by atoms with Gasteiger partial charge in [-0.1, -0.05) is 24.3 Å². The number of hydrogen-bond donors (Lipinski definition) is 3. The molecule has 0 unspecified atom stereocenters. The molecule has 2 aromatic carbocycles. The maximum Gasteiger partial charge on any atom is 0.335 e. The largest absolute Gasteiger partial charge is 0.508 e. The van der Waals surface area contributed by atoms with Gasteiger partial charge in [0.1, 0.15) is 11.5 Å². The normalized spacial score (nSPS) is 17.4. The summed E-state index contributed by atoms with van der Waals surface area (Å²) in [6, 6.07) is 12.3. The van der Waals surface area contributed by atoms with Crippen LogP contribution in [0.4, 0.5) is 4.79 Å². The summed E-state index contributed by atoms with van der Waals surface area (Å²) in [4.78, 5) is 11.6. The third kappa shape index (κ3) is 2.46. The number of carbonyl (C=O) groups is 1. The predicted molar refractivity (Wildman–Crippen MR) is 81.5 cm³/mol. The zero-order chi connectivity index (χ0) is 15.7. The van der Waals surface area contributed by atoms with Crippen molar-refractivity contribution in [1.82, 2.24) is 5.01 Å². The molecule has 2 amide bonds. The van der Waals surface area contributed by atoms with Crippen LogP contribution in [0.25, 0.3) is 0 Å². The molecule has 0 saturated carbocycles. The first-order chi connectivity index (χ1) is 10.6. The second-order valence-corrected chi connectivity index (χ2v) is 5.06. The van der Waals surface area contributed by atoms with E-state index in [0.29, 0.717) is 17.7 Å². The van der Waals surface area contributed by atoms with Crippen LogP contribution in [-0.4, -0.2) is 27.0 Å². The van der Waals surface area contributed by atoms with Gasteiger partial charge in [-0.3, -0.25) is 0 Å². The van der Waals surface area contributed by atoms with Gasteiger partial charge in [-0.15, -0.1) is 0 Å². The Morgan fingerprint density at radius 3 is 2.45 bits per heavy atom. The fraction of sp³-hybridized carbons (Fsp3) is 0.125. The van der Waals surface area contributed by atoms with Crippen LogP contribution in [0.3, 0.4) is 0 Å². The molecule has 0 spiro atoms. The van der Waals surface area contributed by atoms with E-state index in [2.05, 4.69) is 5.10 Å². The Balaban J connectivity index is 1.96. The second-order valence-electron chi connectivity index (χ2n) is 5.06. The number of nitrogens with two attached hydrogens (primary N) is 1.